The van der Waals surface area contributed by atoms with Crippen LogP contribution in [0.25, 0.3) is 22.0 Å². The number of fused-ring (bicyclic) bond motifs is 1. The van der Waals surface area contributed by atoms with Gasteiger partial charge in [0.15, 0.2) is 11.6 Å². The molecule has 124 valence electrons. The lowest BCUT2D eigenvalue weighted by Crippen LogP contribution is -2.18. The van der Waals surface area contributed by atoms with Gasteiger partial charge in [0.05, 0.1) is 6.54 Å². The first-order valence-corrected chi connectivity index (χ1v) is 7.75. The number of hydrogen-bond donors (Lipinski definition) is 3. The summed E-state index contributed by atoms with van der Waals surface area (Å²) in [6, 6.07) is 6.98. The van der Waals surface area contributed by atoms with Gasteiger partial charge in [0, 0.05) is 52.9 Å². The van der Waals surface area contributed by atoms with Crippen LogP contribution < -0.4 is 10.6 Å². The van der Waals surface area contributed by atoms with Crippen molar-refractivity contribution in [3.05, 3.63) is 47.0 Å². The Hall–Kier alpha value is -2.60. The number of aromatic nitrogens is 2. The average Bonchev–Trinajstić information content (AvgIpc) is 2.93. The number of carbonyl (C=O) groups is 1. The van der Waals surface area contributed by atoms with Crippen LogP contribution in [0.2, 0.25) is 5.02 Å². The summed E-state index contributed by atoms with van der Waals surface area (Å²) in [5.41, 5.74) is 3.00. The molecule has 0 fully saturated rings. The topological polar surface area (TPSA) is 69.8 Å². The molecule has 24 heavy (non-hydrogen) atoms. The first kappa shape index (κ1) is 16.3. The largest absolute Gasteiger partial charge is 0.371 e. The van der Waals surface area contributed by atoms with Crippen molar-refractivity contribution in [2.75, 3.05) is 12.4 Å². The molecule has 3 N–H and O–H groups in total. The molecule has 3 aromatic rings. The predicted octanol–water partition coefficient (Wildman–Crippen LogP) is 3.70. The fraction of sp³-hybridized carbons (Fsp3) is 0.176. The van der Waals surface area contributed by atoms with Crippen molar-refractivity contribution >= 4 is 34.2 Å². The fourth-order valence-corrected chi connectivity index (χ4v) is 2.80. The molecule has 0 unspecified atom stereocenters. The van der Waals surface area contributed by atoms with Crippen LogP contribution in [-0.2, 0) is 11.3 Å². The SMILES string of the molecule is CNc1ncc(-c2cc3[nH]c(CNC(C)=O)cc3cc2Cl)cc1F. The summed E-state index contributed by atoms with van der Waals surface area (Å²) in [5.74, 6) is -0.351. The number of pyridine rings is 1. The molecule has 0 radical (unpaired) electrons. The van der Waals surface area contributed by atoms with Gasteiger partial charge >= 0.3 is 0 Å². The van der Waals surface area contributed by atoms with Crippen LogP contribution in [0.3, 0.4) is 0 Å². The minimum Gasteiger partial charge on any atom is -0.371 e. The van der Waals surface area contributed by atoms with Gasteiger partial charge in [-0.25, -0.2) is 9.37 Å². The lowest BCUT2D eigenvalue weighted by molar-refractivity contribution is -0.119. The summed E-state index contributed by atoms with van der Waals surface area (Å²) >= 11 is 6.35. The highest BCUT2D eigenvalue weighted by Crippen LogP contribution is 2.33. The maximum atomic E-state index is 13.9. The van der Waals surface area contributed by atoms with E-state index in [1.807, 2.05) is 18.2 Å². The van der Waals surface area contributed by atoms with E-state index in [0.29, 0.717) is 22.7 Å². The van der Waals surface area contributed by atoms with Crippen molar-refractivity contribution in [2.45, 2.75) is 13.5 Å². The van der Waals surface area contributed by atoms with Gasteiger partial charge in [-0.2, -0.15) is 0 Å². The Bertz CT molecular complexity index is 922. The van der Waals surface area contributed by atoms with Crippen LogP contribution in [0.5, 0.6) is 0 Å². The Balaban J connectivity index is 2.00. The standard InChI is InChI=1S/C17H16ClFN4O/c1-9(24)21-8-12-3-10-4-14(18)13(6-16(10)23-12)11-5-15(19)17(20-2)22-7-11/h3-7,23H,8H2,1-2H3,(H,20,22)(H,21,24). The smallest absolute Gasteiger partial charge is 0.217 e. The Morgan fingerprint density at radius 2 is 2.12 bits per heavy atom. The molecule has 0 aliphatic rings. The van der Waals surface area contributed by atoms with Crippen molar-refractivity contribution in [2.24, 2.45) is 0 Å². The van der Waals surface area contributed by atoms with Crippen LogP contribution in [0.15, 0.2) is 30.5 Å². The molecule has 0 saturated carbocycles. The molecule has 0 aliphatic heterocycles. The normalized spacial score (nSPS) is 10.8. The molecule has 0 saturated heterocycles. The fourth-order valence-electron chi connectivity index (χ4n) is 2.52. The lowest BCUT2D eigenvalue weighted by Gasteiger charge is -2.07. The first-order valence-electron chi connectivity index (χ1n) is 7.37. The van der Waals surface area contributed by atoms with E-state index in [1.54, 1.807) is 13.2 Å². The van der Waals surface area contributed by atoms with Gasteiger partial charge in [0.2, 0.25) is 5.91 Å². The number of benzene rings is 1. The van der Waals surface area contributed by atoms with Crippen molar-refractivity contribution in [1.82, 2.24) is 15.3 Å². The number of nitrogens with zero attached hydrogens (tertiary/aromatic N) is 1. The number of amides is 1. The number of nitrogens with one attached hydrogen (secondary N) is 3. The molecular formula is C17H16ClFN4O. The number of H-pyrrole nitrogens is 1. The van der Waals surface area contributed by atoms with E-state index in [1.165, 1.54) is 13.0 Å². The van der Waals surface area contributed by atoms with Crippen molar-refractivity contribution < 1.29 is 9.18 Å². The lowest BCUT2D eigenvalue weighted by atomic mass is 10.1. The predicted molar refractivity (Wildman–Crippen MR) is 93.6 cm³/mol. The van der Waals surface area contributed by atoms with E-state index in [9.17, 15) is 9.18 Å². The summed E-state index contributed by atoms with van der Waals surface area (Å²) < 4.78 is 13.9. The van der Waals surface area contributed by atoms with Gasteiger partial charge in [-0.3, -0.25) is 4.79 Å². The quantitative estimate of drug-likeness (QED) is 0.674. The van der Waals surface area contributed by atoms with E-state index in [4.69, 9.17) is 11.6 Å². The summed E-state index contributed by atoms with van der Waals surface area (Å²) in [6.07, 6.45) is 1.57. The van der Waals surface area contributed by atoms with Gasteiger partial charge in [-0.1, -0.05) is 11.6 Å². The third kappa shape index (κ3) is 3.19. The number of anilines is 1. The van der Waals surface area contributed by atoms with Crippen molar-refractivity contribution in [3.8, 4) is 11.1 Å². The van der Waals surface area contributed by atoms with Crippen LogP contribution in [0.4, 0.5) is 10.2 Å². The van der Waals surface area contributed by atoms with Crippen LogP contribution in [0, 0.1) is 5.82 Å². The molecule has 7 heteroatoms. The average molecular weight is 347 g/mol. The van der Waals surface area contributed by atoms with Gasteiger partial charge in [0.1, 0.15) is 0 Å². The van der Waals surface area contributed by atoms with Gasteiger partial charge in [-0.15, -0.1) is 0 Å². The number of carbonyl (C=O) groups excluding carboxylic acids is 1. The minimum absolute atomic E-state index is 0.0986. The number of rotatable bonds is 4. The first-order chi connectivity index (χ1) is 11.5. The zero-order valence-corrected chi connectivity index (χ0v) is 14.0. The molecule has 0 atom stereocenters. The van der Waals surface area contributed by atoms with Crippen molar-refractivity contribution in [1.29, 1.82) is 0 Å². The van der Waals surface area contributed by atoms with Gasteiger partial charge in [0.25, 0.3) is 0 Å². The van der Waals surface area contributed by atoms with E-state index >= 15 is 0 Å². The monoisotopic (exact) mass is 346 g/mol. The Kier molecular flexibility index (Phi) is 4.40. The summed E-state index contributed by atoms with van der Waals surface area (Å²) in [6.45, 7) is 1.87. The molecule has 2 aromatic heterocycles. The number of hydrogen-bond acceptors (Lipinski definition) is 3. The maximum absolute atomic E-state index is 13.9. The van der Waals surface area contributed by atoms with Gasteiger partial charge < -0.3 is 15.6 Å². The highest BCUT2D eigenvalue weighted by atomic mass is 35.5. The minimum atomic E-state index is -0.441. The summed E-state index contributed by atoms with van der Waals surface area (Å²) in [4.78, 5) is 18.3. The molecule has 0 spiro atoms. The zero-order chi connectivity index (χ0) is 17.3. The highest BCUT2D eigenvalue weighted by Gasteiger charge is 2.11. The Morgan fingerprint density at radius 1 is 1.33 bits per heavy atom. The zero-order valence-electron chi connectivity index (χ0n) is 13.2. The highest BCUT2D eigenvalue weighted by molar-refractivity contribution is 6.34. The second-order valence-electron chi connectivity index (χ2n) is 5.43. The molecule has 3 rings (SSSR count). The van der Waals surface area contributed by atoms with E-state index in [0.717, 1.165) is 16.6 Å². The molecule has 1 amide bonds. The Morgan fingerprint density at radius 3 is 2.79 bits per heavy atom. The van der Waals surface area contributed by atoms with Crippen LogP contribution in [0.1, 0.15) is 12.6 Å². The van der Waals surface area contributed by atoms with E-state index in [2.05, 4.69) is 20.6 Å². The van der Waals surface area contributed by atoms with E-state index in [-0.39, 0.29) is 11.7 Å². The van der Waals surface area contributed by atoms with E-state index < -0.39 is 5.82 Å². The molecule has 0 bridgehead atoms. The maximum Gasteiger partial charge on any atom is 0.217 e. The second kappa shape index (κ2) is 6.49. The summed E-state index contributed by atoms with van der Waals surface area (Å²) in [7, 11) is 1.61. The van der Waals surface area contributed by atoms with Crippen LogP contribution >= 0.6 is 11.6 Å². The Labute approximate surface area is 143 Å². The molecular weight excluding hydrogens is 331 g/mol. The third-order valence-corrected chi connectivity index (χ3v) is 3.99. The number of halogens is 2. The van der Waals surface area contributed by atoms with Gasteiger partial charge in [-0.05, 0) is 24.3 Å². The summed E-state index contributed by atoms with van der Waals surface area (Å²) in [5, 5.41) is 6.85. The molecule has 1 aromatic carbocycles. The van der Waals surface area contributed by atoms with Crippen LogP contribution in [-0.4, -0.2) is 22.9 Å². The third-order valence-electron chi connectivity index (χ3n) is 3.68. The number of aromatic amines is 1. The molecule has 0 aliphatic carbocycles. The molecule has 2 heterocycles. The molecule has 5 nitrogen and oxygen atoms in total. The van der Waals surface area contributed by atoms with Crippen molar-refractivity contribution in [3.63, 3.8) is 0 Å². The second-order valence-corrected chi connectivity index (χ2v) is 5.84.